The molecule has 2 N–H and O–H groups in total. The van der Waals surface area contributed by atoms with E-state index in [1.54, 1.807) is 23.1 Å². The molecule has 0 bridgehead atoms. The van der Waals surface area contributed by atoms with Crippen molar-refractivity contribution < 1.29 is 14.4 Å². The van der Waals surface area contributed by atoms with Gasteiger partial charge in [0.1, 0.15) is 0 Å². The number of nitrogens with zero attached hydrogens (tertiary/aromatic N) is 1. The predicted molar refractivity (Wildman–Crippen MR) is 88.3 cm³/mol. The summed E-state index contributed by atoms with van der Waals surface area (Å²) >= 11 is 0. The number of unbranched alkanes of at least 4 members (excludes halogenated alkanes) is 1. The highest BCUT2D eigenvalue weighted by Gasteiger charge is 2.22. The molecule has 0 radical (unpaired) electrons. The van der Waals surface area contributed by atoms with Crippen LogP contribution in [0, 0.1) is 0 Å². The monoisotopic (exact) mass is 317 g/mol. The molecule has 6 nitrogen and oxygen atoms in total. The Kier molecular flexibility index (Phi) is 6.14. The minimum Gasteiger partial charge on any atom is -0.356 e. The Bertz CT molecular complexity index is 586. The molecular weight excluding hydrogens is 294 g/mol. The van der Waals surface area contributed by atoms with E-state index in [0.29, 0.717) is 31.6 Å². The number of rotatable bonds is 7. The SMILES string of the molecule is CC(=O)NCCCCNC(=O)c1cccc(N2CCCC2=O)c1. The Labute approximate surface area is 136 Å². The normalized spacial score (nSPS) is 14.0. The van der Waals surface area contributed by atoms with Gasteiger partial charge in [-0.3, -0.25) is 14.4 Å². The molecule has 1 fully saturated rings. The lowest BCUT2D eigenvalue weighted by Crippen LogP contribution is -2.27. The fourth-order valence-corrected chi connectivity index (χ4v) is 2.55. The molecule has 0 aromatic heterocycles. The van der Waals surface area contributed by atoms with E-state index in [4.69, 9.17) is 0 Å². The first-order valence-electron chi connectivity index (χ1n) is 8.01. The Morgan fingerprint density at radius 3 is 2.57 bits per heavy atom. The topological polar surface area (TPSA) is 78.5 Å². The zero-order chi connectivity index (χ0) is 16.7. The number of benzene rings is 1. The van der Waals surface area contributed by atoms with Crippen LogP contribution in [0.3, 0.4) is 0 Å². The van der Waals surface area contributed by atoms with E-state index in [1.165, 1.54) is 6.92 Å². The Hall–Kier alpha value is -2.37. The molecule has 1 aliphatic heterocycles. The van der Waals surface area contributed by atoms with Gasteiger partial charge in [-0.15, -0.1) is 0 Å². The molecule has 0 saturated carbocycles. The van der Waals surface area contributed by atoms with Gasteiger partial charge in [0, 0.05) is 44.2 Å². The molecule has 1 heterocycles. The van der Waals surface area contributed by atoms with Crippen LogP contribution in [0.1, 0.15) is 43.0 Å². The third-order valence-corrected chi connectivity index (χ3v) is 3.76. The average molecular weight is 317 g/mol. The highest BCUT2D eigenvalue weighted by Crippen LogP contribution is 2.22. The van der Waals surface area contributed by atoms with Gasteiger partial charge >= 0.3 is 0 Å². The number of amides is 3. The number of carbonyl (C=O) groups excluding carboxylic acids is 3. The van der Waals surface area contributed by atoms with Crippen molar-refractivity contribution in [2.24, 2.45) is 0 Å². The third-order valence-electron chi connectivity index (χ3n) is 3.76. The van der Waals surface area contributed by atoms with Gasteiger partial charge in [-0.05, 0) is 37.5 Å². The molecule has 1 aliphatic rings. The molecular formula is C17H23N3O3. The molecule has 23 heavy (non-hydrogen) atoms. The van der Waals surface area contributed by atoms with Crippen LogP contribution in [0.2, 0.25) is 0 Å². The first-order valence-corrected chi connectivity index (χ1v) is 8.01. The van der Waals surface area contributed by atoms with Gasteiger partial charge in [0.25, 0.3) is 5.91 Å². The summed E-state index contributed by atoms with van der Waals surface area (Å²) in [6.07, 6.45) is 3.06. The maximum absolute atomic E-state index is 12.1. The highest BCUT2D eigenvalue weighted by molar-refractivity contribution is 5.99. The van der Waals surface area contributed by atoms with Crippen LogP contribution in [0.5, 0.6) is 0 Å². The van der Waals surface area contributed by atoms with Gasteiger partial charge in [0.05, 0.1) is 0 Å². The second-order valence-corrected chi connectivity index (χ2v) is 5.65. The van der Waals surface area contributed by atoms with Gasteiger partial charge in [0.2, 0.25) is 11.8 Å². The zero-order valence-electron chi connectivity index (χ0n) is 13.4. The van der Waals surface area contributed by atoms with Gasteiger partial charge in [-0.1, -0.05) is 6.07 Å². The summed E-state index contributed by atoms with van der Waals surface area (Å²) in [6, 6.07) is 7.16. The molecule has 0 unspecified atom stereocenters. The maximum Gasteiger partial charge on any atom is 0.251 e. The lowest BCUT2D eigenvalue weighted by molar-refractivity contribution is -0.119. The zero-order valence-corrected chi connectivity index (χ0v) is 13.4. The number of nitrogens with one attached hydrogen (secondary N) is 2. The van der Waals surface area contributed by atoms with Crippen molar-refractivity contribution in [3.8, 4) is 0 Å². The molecule has 1 aromatic rings. The van der Waals surface area contributed by atoms with Crippen LogP contribution >= 0.6 is 0 Å². The van der Waals surface area contributed by atoms with Gasteiger partial charge in [0.15, 0.2) is 0 Å². The van der Waals surface area contributed by atoms with Crippen LogP contribution < -0.4 is 15.5 Å². The Morgan fingerprint density at radius 2 is 1.91 bits per heavy atom. The van der Waals surface area contributed by atoms with E-state index in [9.17, 15) is 14.4 Å². The van der Waals surface area contributed by atoms with E-state index in [-0.39, 0.29) is 17.7 Å². The molecule has 0 spiro atoms. The third kappa shape index (κ3) is 5.09. The molecule has 6 heteroatoms. The Morgan fingerprint density at radius 1 is 1.17 bits per heavy atom. The molecule has 2 rings (SSSR count). The number of hydrogen-bond donors (Lipinski definition) is 2. The average Bonchev–Trinajstić information content (AvgIpc) is 2.96. The van der Waals surface area contributed by atoms with Gasteiger partial charge in [-0.25, -0.2) is 0 Å². The maximum atomic E-state index is 12.1. The molecule has 1 aromatic carbocycles. The van der Waals surface area contributed by atoms with E-state index in [0.717, 1.165) is 24.9 Å². The summed E-state index contributed by atoms with van der Waals surface area (Å²) in [5.41, 5.74) is 1.34. The first kappa shape index (κ1) is 17.0. The fourth-order valence-electron chi connectivity index (χ4n) is 2.55. The quantitative estimate of drug-likeness (QED) is 0.747. The van der Waals surface area contributed by atoms with Crippen LogP contribution in [-0.4, -0.2) is 37.4 Å². The summed E-state index contributed by atoms with van der Waals surface area (Å²) < 4.78 is 0. The van der Waals surface area contributed by atoms with Crippen molar-refractivity contribution in [2.45, 2.75) is 32.6 Å². The predicted octanol–water partition coefficient (Wildman–Crippen LogP) is 1.46. The van der Waals surface area contributed by atoms with Crippen molar-refractivity contribution in [3.63, 3.8) is 0 Å². The minimum absolute atomic E-state index is 0.0395. The van der Waals surface area contributed by atoms with Crippen molar-refractivity contribution in [2.75, 3.05) is 24.5 Å². The van der Waals surface area contributed by atoms with Crippen LogP contribution in [0.4, 0.5) is 5.69 Å². The molecule has 0 atom stereocenters. The van der Waals surface area contributed by atoms with E-state index >= 15 is 0 Å². The van der Waals surface area contributed by atoms with Crippen LogP contribution in [0.25, 0.3) is 0 Å². The molecule has 1 saturated heterocycles. The smallest absolute Gasteiger partial charge is 0.251 e. The van der Waals surface area contributed by atoms with Crippen molar-refractivity contribution >= 4 is 23.4 Å². The first-order chi connectivity index (χ1) is 11.1. The van der Waals surface area contributed by atoms with Crippen LogP contribution in [0.15, 0.2) is 24.3 Å². The van der Waals surface area contributed by atoms with Gasteiger partial charge < -0.3 is 15.5 Å². The summed E-state index contributed by atoms with van der Waals surface area (Å²) in [5, 5.41) is 5.58. The van der Waals surface area contributed by atoms with E-state index < -0.39 is 0 Å². The van der Waals surface area contributed by atoms with E-state index in [2.05, 4.69) is 10.6 Å². The highest BCUT2D eigenvalue weighted by atomic mass is 16.2. The standard InChI is InChI=1S/C17H23N3O3/c1-13(21)18-9-2-3-10-19-17(23)14-6-4-7-15(12-14)20-11-5-8-16(20)22/h4,6-7,12H,2-3,5,8-11H2,1H3,(H,18,21)(H,19,23). The summed E-state index contributed by atoms with van der Waals surface area (Å²) in [5.74, 6) is -0.0686. The second kappa shape index (κ2) is 8.31. The lowest BCUT2D eigenvalue weighted by atomic mass is 10.1. The van der Waals surface area contributed by atoms with Gasteiger partial charge in [-0.2, -0.15) is 0 Å². The number of hydrogen-bond acceptors (Lipinski definition) is 3. The summed E-state index contributed by atoms with van der Waals surface area (Å²) in [4.78, 5) is 36.4. The minimum atomic E-state index is -0.141. The summed E-state index contributed by atoms with van der Waals surface area (Å²) in [7, 11) is 0. The van der Waals surface area contributed by atoms with Crippen molar-refractivity contribution in [1.82, 2.24) is 10.6 Å². The molecule has 124 valence electrons. The van der Waals surface area contributed by atoms with E-state index in [1.807, 2.05) is 6.07 Å². The van der Waals surface area contributed by atoms with Crippen molar-refractivity contribution in [3.05, 3.63) is 29.8 Å². The summed E-state index contributed by atoms with van der Waals surface area (Å²) in [6.45, 7) is 3.38. The lowest BCUT2D eigenvalue weighted by Gasteiger charge is -2.16. The molecule has 3 amide bonds. The fraction of sp³-hybridized carbons (Fsp3) is 0.471. The Balaban J connectivity index is 1.80. The molecule has 0 aliphatic carbocycles. The number of carbonyl (C=O) groups is 3. The largest absolute Gasteiger partial charge is 0.356 e. The van der Waals surface area contributed by atoms with Crippen molar-refractivity contribution in [1.29, 1.82) is 0 Å². The second-order valence-electron chi connectivity index (χ2n) is 5.65. The van der Waals surface area contributed by atoms with Crippen LogP contribution in [-0.2, 0) is 9.59 Å². The number of anilines is 1.